The van der Waals surface area contributed by atoms with Crippen LogP contribution in [0.3, 0.4) is 0 Å². The van der Waals surface area contributed by atoms with Gasteiger partial charge in [-0.15, -0.1) is 11.6 Å². The molecule has 1 nitrogen and oxygen atoms in total. The van der Waals surface area contributed by atoms with E-state index in [9.17, 15) is 0 Å². The summed E-state index contributed by atoms with van der Waals surface area (Å²) in [6.07, 6.45) is 0. The Balaban J connectivity index is 2.40. The van der Waals surface area contributed by atoms with Crippen LogP contribution in [0.25, 0.3) is 0 Å². The van der Waals surface area contributed by atoms with Crippen molar-refractivity contribution in [2.24, 2.45) is 0 Å². The average Bonchev–Trinajstić information content (AvgIpc) is 2.38. The van der Waals surface area contributed by atoms with Gasteiger partial charge in [0.15, 0.2) is 0 Å². The van der Waals surface area contributed by atoms with Crippen molar-refractivity contribution in [2.45, 2.75) is 12.3 Å². The van der Waals surface area contributed by atoms with Crippen LogP contribution in [-0.4, -0.2) is 7.11 Å². The van der Waals surface area contributed by atoms with E-state index in [-0.39, 0.29) is 5.38 Å². The Kier molecular flexibility index (Phi) is 4.15. The van der Waals surface area contributed by atoms with E-state index < -0.39 is 0 Å². The van der Waals surface area contributed by atoms with Gasteiger partial charge < -0.3 is 4.74 Å². The van der Waals surface area contributed by atoms with Crippen molar-refractivity contribution < 1.29 is 4.74 Å². The van der Waals surface area contributed by atoms with Crippen molar-refractivity contribution in [1.29, 1.82) is 0 Å². The van der Waals surface area contributed by atoms with Crippen molar-refractivity contribution in [1.82, 2.24) is 0 Å². The Morgan fingerprint density at radius 3 is 2.39 bits per heavy atom. The second-order valence-electron chi connectivity index (χ2n) is 4.11. The maximum Gasteiger partial charge on any atom is 0.120 e. The fraction of sp³-hybridized carbons (Fsp3) is 0.200. The summed E-state index contributed by atoms with van der Waals surface area (Å²) in [5.74, 6) is 0.734. The zero-order valence-electron chi connectivity index (χ0n) is 10.3. The summed E-state index contributed by atoms with van der Waals surface area (Å²) >= 11 is 12.8. The summed E-state index contributed by atoms with van der Waals surface area (Å²) in [6, 6.07) is 13.6. The number of hydrogen-bond donors (Lipinski definition) is 0. The van der Waals surface area contributed by atoms with Gasteiger partial charge in [0.05, 0.1) is 12.5 Å². The first-order valence-electron chi connectivity index (χ1n) is 5.66. The van der Waals surface area contributed by atoms with E-state index in [2.05, 4.69) is 0 Å². The van der Waals surface area contributed by atoms with Crippen molar-refractivity contribution >= 4 is 23.2 Å². The third-order valence-corrected chi connectivity index (χ3v) is 3.74. The van der Waals surface area contributed by atoms with Crippen molar-refractivity contribution in [3.8, 4) is 5.75 Å². The average molecular weight is 281 g/mol. The highest BCUT2D eigenvalue weighted by molar-refractivity contribution is 6.33. The SMILES string of the molecule is COc1ccc(C(Cl)c2ccccc2C)c(Cl)c1. The van der Waals surface area contributed by atoms with Gasteiger partial charge in [-0.1, -0.05) is 41.9 Å². The molecule has 0 saturated heterocycles. The summed E-state index contributed by atoms with van der Waals surface area (Å²) in [7, 11) is 1.62. The molecule has 0 heterocycles. The third kappa shape index (κ3) is 2.63. The van der Waals surface area contributed by atoms with Crippen LogP contribution < -0.4 is 4.74 Å². The number of benzene rings is 2. The van der Waals surface area contributed by atoms with E-state index in [1.165, 1.54) is 0 Å². The van der Waals surface area contributed by atoms with Crippen LogP contribution in [0.4, 0.5) is 0 Å². The molecule has 2 aromatic rings. The Labute approximate surface area is 117 Å². The second-order valence-corrected chi connectivity index (χ2v) is 4.95. The zero-order valence-corrected chi connectivity index (χ0v) is 11.8. The van der Waals surface area contributed by atoms with E-state index in [1.807, 2.05) is 43.3 Å². The zero-order chi connectivity index (χ0) is 13.1. The van der Waals surface area contributed by atoms with Crippen molar-refractivity contribution in [3.63, 3.8) is 0 Å². The van der Waals surface area contributed by atoms with Gasteiger partial charge in [-0.2, -0.15) is 0 Å². The van der Waals surface area contributed by atoms with Gasteiger partial charge in [0.1, 0.15) is 5.75 Å². The molecule has 94 valence electrons. The van der Waals surface area contributed by atoms with Gasteiger partial charge in [-0.05, 0) is 35.7 Å². The van der Waals surface area contributed by atoms with Crippen molar-refractivity contribution in [2.75, 3.05) is 7.11 Å². The molecule has 3 heteroatoms. The fourth-order valence-corrected chi connectivity index (χ4v) is 2.65. The molecule has 0 bridgehead atoms. The predicted molar refractivity (Wildman–Crippen MR) is 76.9 cm³/mol. The molecule has 0 spiro atoms. The van der Waals surface area contributed by atoms with E-state index >= 15 is 0 Å². The molecule has 0 N–H and O–H groups in total. The minimum absolute atomic E-state index is 0.246. The van der Waals surface area contributed by atoms with Gasteiger partial charge in [0, 0.05) is 5.02 Å². The molecular weight excluding hydrogens is 267 g/mol. The van der Waals surface area contributed by atoms with Crippen LogP contribution in [0.5, 0.6) is 5.75 Å². The number of aryl methyl sites for hydroxylation is 1. The minimum Gasteiger partial charge on any atom is -0.497 e. The standard InChI is InChI=1S/C15H14Cl2O/c1-10-5-3-4-6-12(10)15(17)13-8-7-11(18-2)9-14(13)16/h3-9,15H,1-2H3. The number of methoxy groups -OCH3 is 1. The van der Waals surface area contributed by atoms with Crippen LogP contribution in [0.15, 0.2) is 42.5 Å². The van der Waals surface area contributed by atoms with Crippen LogP contribution >= 0.6 is 23.2 Å². The van der Waals surface area contributed by atoms with Gasteiger partial charge >= 0.3 is 0 Å². The normalized spacial score (nSPS) is 12.2. The highest BCUT2D eigenvalue weighted by atomic mass is 35.5. The molecule has 18 heavy (non-hydrogen) atoms. The number of halogens is 2. The summed E-state index contributed by atoms with van der Waals surface area (Å²) in [5, 5.41) is 0.377. The van der Waals surface area contributed by atoms with E-state index in [4.69, 9.17) is 27.9 Å². The van der Waals surface area contributed by atoms with Crippen LogP contribution in [0.1, 0.15) is 22.1 Å². The van der Waals surface area contributed by atoms with E-state index in [0.717, 1.165) is 22.4 Å². The molecule has 2 aromatic carbocycles. The van der Waals surface area contributed by atoms with Crippen LogP contribution in [0.2, 0.25) is 5.02 Å². The molecule has 0 saturated carbocycles. The Hall–Kier alpha value is -1.18. The lowest BCUT2D eigenvalue weighted by atomic mass is 10.00. The highest BCUT2D eigenvalue weighted by Crippen LogP contribution is 2.36. The Morgan fingerprint density at radius 2 is 1.78 bits per heavy atom. The first kappa shape index (κ1) is 13.3. The van der Waals surface area contributed by atoms with Gasteiger partial charge in [-0.25, -0.2) is 0 Å². The topological polar surface area (TPSA) is 9.23 Å². The largest absolute Gasteiger partial charge is 0.497 e. The molecule has 0 radical (unpaired) electrons. The molecule has 0 amide bonds. The molecular formula is C15H14Cl2O. The molecule has 0 aliphatic rings. The summed E-state index contributed by atoms with van der Waals surface area (Å²) < 4.78 is 5.13. The lowest BCUT2D eigenvalue weighted by Gasteiger charge is -2.15. The first-order valence-corrected chi connectivity index (χ1v) is 6.48. The molecule has 2 rings (SSSR count). The predicted octanol–water partition coefficient (Wildman–Crippen LogP) is 4.99. The Morgan fingerprint density at radius 1 is 1.06 bits per heavy atom. The molecule has 1 atom stereocenters. The van der Waals surface area contributed by atoms with Gasteiger partial charge in [0.25, 0.3) is 0 Å². The lowest BCUT2D eigenvalue weighted by Crippen LogP contribution is -1.97. The summed E-state index contributed by atoms with van der Waals surface area (Å²) in [6.45, 7) is 2.04. The van der Waals surface area contributed by atoms with E-state index in [0.29, 0.717) is 5.02 Å². The quantitative estimate of drug-likeness (QED) is 0.720. The fourth-order valence-electron chi connectivity index (χ4n) is 1.88. The highest BCUT2D eigenvalue weighted by Gasteiger charge is 2.16. The van der Waals surface area contributed by atoms with Crippen molar-refractivity contribution in [3.05, 3.63) is 64.2 Å². The maximum absolute atomic E-state index is 6.51. The van der Waals surface area contributed by atoms with Gasteiger partial charge in [0.2, 0.25) is 0 Å². The number of hydrogen-bond acceptors (Lipinski definition) is 1. The first-order chi connectivity index (χ1) is 8.63. The molecule has 1 unspecified atom stereocenters. The van der Waals surface area contributed by atoms with Crippen LogP contribution in [0, 0.1) is 6.92 Å². The molecule has 0 aromatic heterocycles. The van der Waals surface area contributed by atoms with Gasteiger partial charge in [-0.3, -0.25) is 0 Å². The smallest absolute Gasteiger partial charge is 0.120 e. The monoisotopic (exact) mass is 280 g/mol. The number of alkyl halides is 1. The maximum atomic E-state index is 6.51. The Bertz CT molecular complexity index is 552. The number of rotatable bonds is 3. The summed E-state index contributed by atoms with van der Waals surface area (Å²) in [5.41, 5.74) is 3.13. The molecule has 0 fully saturated rings. The number of ether oxygens (including phenoxy) is 1. The molecule has 0 aliphatic heterocycles. The summed E-state index contributed by atoms with van der Waals surface area (Å²) in [4.78, 5) is 0. The molecule has 0 aliphatic carbocycles. The lowest BCUT2D eigenvalue weighted by molar-refractivity contribution is 0.414. The van der Waals surface area contributed by atoms with Crippen LogP contribution in [-0.2, 0) is 0 Å². The van der Waals surface area contributed by atoms with E-state index in [1.54, 1.807) is 13.2 Å². The third-order valence-electron chi connectivity index (χ3n) is 2.94. The minimum atomic E-state index is -0.246. The second kappa shape index (κ2) is 5.64.